The zero-order chi connectivity index (χ0) is 7.73. The van der Waals surface area contributed by atoms with Gasteiger partial charge in [-0.2, -0.15) is 12.6 Å². The minimum atomic E-state index is 0.0629. The van der Waals surface area contributed by atoms with Crippen molar-refractivity contribution in [3.63, 3.8) is 0 Å². The largest absolute Gasteiger partial charge is 0.345 e. The Bertz CT molecular complexity index is 146. The van der Waals surface area contributed by atoms with E-state index in [4.69, 9.17) is 4.74 Å². The summed E-state index contributed by atoms with van der Waals surface area (Å²) in [5.74, 6) is 3.40. The van der Waals surface area contributed by atoms with Gasteiger partial charge in [0.25, 0.3) is 0 Å². The topological polar surface area (TPSA) is 9.23 Å². The first kappa shape index (κ1) is 8.94. The molecule has 1 unspecified atom stereocenters. The van der Waals surface area contributed by atoms with Crippen LogP contribution < -0.4 is 0 Å². The lowest BCUT2D eigenvalue weighted by Gasteiger charge is -2.18. The smallest absolute Gasteiger partial charge is 0.209 e. The molecule has 11 heavy (non-hydrogen) atoms. The summed E-state index contributed by atoms with van der Waals surface area (Å²) >= 11 is 10.1. The van der Waals surface area contributed by atoms with Crippen LogP contribution in [0.25, 0.3) is 0 Å². The van der Waals surface area contributed by atoms with Crippen LogP contribution in [0.2, 0.25) is 0 Å². The van der Waals surface area contributed by atoms with E-state index in [1.54, 1.807) is 0 Å². The average Bonchev–Trinajstić information content (AvgIpc) is 2.62. The van der Waals surface area contributed by atoms with E-state index in [-0.39, 0.29) is 3.60 Å². The van der Waals surface area contributed by atoms with Crippen molar-refractivity contribution in [3.05, 3.63) is 0 Å². The summed E-state index contributed by atoms with van der Waals surface area (Å²) in [5.41, 5.74) is 0. The molecular weight excluding hydrogens is 216 g/mol. The van der Waals surface area contributed by atoms with E-state index in [9.17, 15) is 0 Å². The van der Waals surface area contributed by atoms with Gasteiger partial charge in [-0.25, -0.2) is 0 Å². The van der Waals surface area contributed by atoms with Crippen molar-refractivity contribution < 1.29 is 4.74 Å². The van der Waals surface area contributed by atoms with Gasteiger partial charge in [-0.05, 0) is 0 Å². The summed E-state index contributed by atoms with van der Waals surface area (Å²) in [6.45, 7) is 0.883. The summed E-state index contributed by atoms with van der Waals surface area (Å²) in [6, 6.07) is 0. The lowest BCUT2D eigenvalue weighted by atomic mass is 10.5. The van der Waals surface area contributed by atoms with Gasteiger partial charge in [-0.1, -0.05) is 11.8 Å². The highest BCUT2D eigenvalue weighted by Gasteiger charge is 2.44. The minimum Gasteiger partial charge on any atom is -0.345 e. The third-order valence-electron chi connectivity index (χ3n) is 1.60. The number of thiol groups is 1. The van der Waals surface area contributed by atoms with Crippen LogP contribution in [-0.2, 0) is 4.74 Å². The molecule has 0 aliphatic carbocycles. The van der Waals surface area contributed by atoms with Crippen LogP contribution in [0.3, 0.4) is 0 Å². The molecule has 5 heteroatoms. The van der Waals surface area contributed by atoms with Crippen LogP contribution >= 0.6 is 47.9 Å². The Balaban J connectivity index is 1.96. The molecule has 0 amide bonds. The van der Waals surface area contributed by atoms with Crippen LogP contribution in [0.1, 0.15) is 0 Å². The number of rotatable bonds is 1. The summed E-state index contributed by atoms with van der Waals surface area (Å²) in [4.78, 5) is 0. The monoisotopic (exact) mass is 226 g/mol. The SMILES string of the molecule is SCC1COC2(SCCS2)S1. The van der Waals surface area contributed by atoms with Gasteiger partial charge in [0, 0.05) is 22.5 Å². The lowest BCUT2D eigenvalue weighted by Crippen LogP contribution is -2.08. The second kappa shape index (κ2) is 3.62. The molecule has 2 fully saturated rings. The predicted molar refractivity (Wildman–Crippen MR) is 58.8 cm³/mol. The van der Waals surface area contributed by atoms with Crippen molar-refractivity contribution in [1.82, 2.24) is 0 Å². The Morgan fingerprint density at radius 3 is 2.73 bits per heavy atom. The molecule has 0 bridgehead atoms. The van der Waals surface area contributed by atoms with Gasteiger partial charge in [0.2, 0.25) is 3.60 Å². The molecule has 2 aliphatic heterocycles. The average molecular weight is 226 g/mol. The highest BCUT2D eigenvalue weighted by molar-refractivity contribution is 8.35. The fraction of sp³-hybridized carbons (Fsp3) is 1.00. The molecule has 2 rings (SSSR count). The van der Waals surface area contributed by atoms with Gasteiger partial charge in [0.1, 0.15) is 0 Å². The third-order valence-corrected chi connectivity index (χ3v) is 7.34. The zero-order valence-electron chi connectivity index (χ0n) is 5.99. The van der Waals surface area contributed by atoms with Crippen LogP contribution in [0.5, 0.6) is 0 Å². The molecule has 0 aromatic rings. The molecule has 2 saturated heterocycles. The van der Waals surface area contributed by atoms with E-state index in [2.05, 4.69) is 12.6 Å². The fourth-order valence-electron chi connectivity index (χ4n) is 1.08. The first-order valence-electron chi connectivity index (χ1n) is 3.55. The molecule has 0 radical (unpaired) electrons. The van der Waals surface area contributed by atoms with E-state index in [1.165, 1.54) is 11.5 Å². The van der Waals surface area contributed by atoms with Gasteiger partial charge in [-0.15, -0.1) is 23.5 Å². The molecular formula is C6H10OS4. The molecule has 2 aliphatic rings. The molecule has 2 heterocycles. The van der Waals surface area contributed by atoms with Crippen molar-refractivity contribution in [2.75, 3.05) is 23.9 Å². The van der Waals surface area contributed by atoms with Crippen molar-refractivity contribution in [1.29, 1.82) is 0 Å². The lowest BCUT2D eigenvalue weighted by molar-refractivity contribution is 0.169. The molecule has 0 aromatic carbocycles. The normalized spacial score (nSPS) is 35.2. The second-order valence-electron chi connectivity index (χ2n) is 2.43. The number of thioether (sulfide) groups is 3. The van der Waals surface area contributed by atoms with Gasteiger partial charge >= 0.3 is 0 Å². The number of hydrogen-bond donors (Lipinski definition) is 1. The maximum Gasteiger partial charge on any atom is 0.209 e. The molecule has 0 aromatic heterocycles. The Hall–Kier alpha value is 1.36. The highest BCUT2D eigenvalue weighted by Crippen LogP contribution is 2.57. The predicted octanol–water partition coefficient (Wildman–Crippen LogP) is 2.14. The van der Waals surface area contributed by atoms with E-state index in [1.807, 2.05) is 35.3 Å². The third kappa shape index (κ3) is 1.82. The molecule has 0 saturated carbocycles. The van der Waals surface area contributed by atoms with Crippen LogP contribution in [0, 0.1) is 0 Å². The van der Waals surface area contributed by atoms with Crippen molar-refractivity contribution in [2.24, 2.45) is 0 Å². The summed E-state index contributed by atoms with van der Waals surface area (Å²) in [6.07, 6.45) is 0. The Labute approximate surface area is 85.2 Å². The Morgan fingerprint density at radius 2 is 2.18 bits per heavy atom. The van der Waals surface area contributed by atoms with Crippen LogP contribution in [0.4, 0.5) is 0 Å². The van der Waals surface area contributed by atoms with Gasteiger partial charge < -0.3 is 4.74 Å². The van der Waals surface area contributed by atoms with E-state index >= 15 is 0 Å². The highest BCUT2D eigenvalue weighted by atomic mass is 32.3. The van der Waals surface area contributed by atoms with Gasteiger partial charge in [-0.3, -0.25) is 0 Å². The van der Waals surface area contributed by atoms with Crippen molar-refractivity contribution >= 4 is 47.9 Å². The van der Waals surface area contributed by atoms with Gasteiger partial charge in [0.05, 0.1) is 6.61 Å². The first-order chi connectivity index (χ1) is 5.35. The summed E-state index contributed by atoms with van der Waals surface area (Å²) in [7, 11) is 0. The number of hydrogen-bond acceptors (Lipinski definition) is 5. The summed E-state index contributed by atoms with van der Waals surface area (Å²) < 4.78 is 5.81. The Kier molecular flexibility index (Phi) is 2.94. The first-order valence-corrected chi connectivity index (χ1v) is 7.03. The van der Waals surface area contributed by atoms with Crippen molar-refractivity contribution in [3.8, 4) is 0 Å². The molecule has 1 spiro atoms. The van der Waals surface area contributed by atoms with Crippen molar-refractivity contribution in [2.45, 2.75) is 8.85 Å². The summed E-state index contributed by atoms with van der Waals surface area (Å²) in [5, 5.41) is 0.608. The molecule has 1 nitrogen and oxygen atoms in total. The standard InChI is InChI=1S/C6H10OS4/c8-4-5-3-7-6(11-5)9-1-2-10-6/h5,8H,1-4H2. The maximum atomic E-state index is 5.74. The molecule has 0 N–H and O–H groups in total. The van der Waals surface area contributed by atoms with Crippen LogP contribution in [-0.4, -0.2) is 32.7 Å². The second-order valence-corrected chi connectivity index (χ2v) is 7.59. The van der Waals surface area contributed by atoms with Gasteiger partial charge in [0.15, 0.2) is 0 Å². The number of ether oxygens (including phenoxy) is 1. The molecule has 1 atom stereocenters. The minimum absolute atomic E-state index is 0.0629. The van der Waals surface area contributed by atoms with E-state index in [0.29, 0.717) is 5.25 Å². The molecule has 64 valence electrons. The van der Waals surface area contributed by atoms with E-state index < -0.39 is 0 Å². The fourth-order valence-corrected chi connectivity index (χ4v) is 6.33. The van der Waals surface area contributed by atoms with Crippen LogP contribution in [0.15, 0.2) is 0 Å². The quantitative estimate of drug-likeness (QED) is 0.686. The Morgan fingerprint density at radius 1 is 1.45 bits per heavy atom. The maximum absolute atomic E-state index is 5.74. The zero-order valence-corrected chi connectivity index (χ0v) is 9.33. The van der Waals surface area contributed by atoms with E-state index in [0.717, 1.165) is 12.4 Å².